The van der Waals surface area contributed by atoms with Gasteiger partial charge in [-0.05, 0) is 72.8 Å². The molecule has 1 aromatic carbocycles. The van der Waals surface area contributed by atoms with Crippen LogP contribution in [0.2, 0.25) is 0 Å². The maximum absolute atomic E-state index is 9.97. The van der Waals surface area contributed by atoms with Gasteiger partial charge in [-0.15, -0.1) is 0 Å². The van der Waals surface area contributed by atoms with Crippen molar-refractivity contribution < 1.29 is 9.84 Å². The van der Waals surface area contributed by atoms with Crippen molar-refractivity contribution in [3.63, 3.8) is 0 Å². The number of piperidine rings is 1. The molecular formula is C16H24BrNO2. The lowest BCUT2D eigenvalue weighted by Gasteiger charge is -2.38. The van der Waals surface area contributed by atoms with Gasteiger partial charge in [0.25, 0.3) is 0 Å². The number of nitrogens with zero attached hydrogens (tertiary/aromatic N) is 1. The van der Waals surface area contributed by atoms with Crippen LogP contribution < -0.4 is 4.74 Å². The van der Waals surface area contributed by atoms with Gasteiger partial charge in [-0.1, -0.05) is 6.92 Å². The van der Waals surface area contributed by atoms with E-state index in [4.69, 9.17) is 4.74 Å². The minimum atomic E-state index is 0.190. The molecule has 0 saturated carbocycles. The molecule has 1 fully saturated rings. The van der Waals surface area contributed by atoms with Crippen LogP contribution in [-0.2, 0) is 6.54 Å². The maximum atomic E-state index is 9.97. The van der Waals surface area contributed by atoms with Crippen molar-refractivity contribution in [1.82, 2.24) is 4.90 Å². The third kappa shape index (κ3) is 3.47. The summed E-state index contributed by atoms with van der Waals surface area (Å²) in [6.07, 6.45) is 2.59. The zero-order valence-corrected chi connectivity index (χ0v) is 14.1. The molecule has 3 nitrogen and oxygen atoms in total. The molecule has 1 aliphatic heterocycles. The molecule has 112 valence electrons. The molecule has 4 heteroatoms. The number of hydrogen-bond donors (Lipinski definition) is 1. The summed E-state index contributed by atoms with van der Waals surface area (Å²) in [5, 5.41) is 9.97. The van der Waals surface area contributed by atoms with E-state index in [1.165, 1.54) is 18.4 Å². The summed E-state index contributed by atoms with van der Waals surface area (Å²) in [6, 6.07) is 4.55. The summed E-state index contributed by atoms with van der Waals surface area (Å²) in [5.41, 5.74) is 1.18. The van der Waals surface area contributed by atoms with Gasteiger partial charge in [0.1, 0.15) is 0 Å². The number of likely N-dealkylation sites (tertiary alicyclic amines) is 1. The van der Waals surface area contributed by atoms with E-state index in [2.05, 4.69) is 34.7 Å². The van der Waals surface area contributed by atoms with Crippen LogP contribution in [0.4, 0.5) is 0 Å². The Morgan fingerprint density at radius 2 is 2.15 bits per heavy atom. The molecular weight excluding hydrogens is 318 g/mol. The standard InChI is InChI=1S/C16H24BrNO2/c1-4-20-15-9-13(8-14(17)16(15)19)10-18-7-5-6-11(2)12(18)3/h8-9,11-12,19H,4-7,10H2,1-3H3. The normalized spacial score (nSPS) is 23.8. The fourth-order valence-corrected chi connectivity index (χ4v) is 3.35. The number of phenolic OH excluding ortho intramolecular Hbond substituents is 1. The van der Waals surface area contributed by atoms with Crippen LogP contribution in [0.25, 0.3) is 0 Å². The first-order chi connectivity index (χ1) is 9.52. The van der Waals surface area contributed by atoms with E-state index in [9.17, 15) is 5.11 Å². The van der Waals surface area contributed by atoms with E-state index in [1.54, 1.807) is 0 Å². The Hall–Kier alpha value is -0.740. The highest BCUT2D eigenvalue weighted by Crippen LogP contribution is 2.36. The average molecular weight is 342 g/mol. The Morgan fingerprint density at radius 1 is 1.40 bits per heavy atom. The van der Waals surface area contributed by atoms with Crippen LogP contribution in [0.15, 0.2) is 16.6 Å². The minimum absolute atomic E-state index is 0.190. The molecule has 0 aromatic heterocycles. The van der Waals surface area contributed by atoms with Crippen LogP contribution in [0.3, 0.4) is 0 Å². The molecule has 20 heavy (non-hydrogen) atoms. The summed E-state index contributed by atoms with van der Waals surface area (Å²) < 4.78 is 6.20. The second-order valence-electron chi connectivity index (χ2n) is 5.69. The molecule has 2 atom stereocenters. The predicted molar refractivity (Wildman–Crippen MR) is 85.2 cm³/mol. The van der Waals surface area contributed by atoms with E-state index in [0.29, 0.717) is 22.9 Å². The zero-order valence-electron chi connectivity index (χ0n) is 12.5. The fraction of sp³-hybridized carbons (Fsp3) is 0.625. The molecule has 1 saturated heterocycles. The van der Waals surface area contributed by atoms with Gasteiger partial charge in [0.2, 0.25) is 0 Å². The van der Waals surface area contributed by atoms with Crippen LogP contribution in [0.5, 0.6) is 11.5 Å². The number of phenols is 1. The highest BCUT2D eigenvalue weighted by atomic mass is 79.9. The fourth-order valence-electron chi connectivity index (χ4n) is 2.86. The minimum Gasteiger partial charge on any atom is -0.503 e. The van der Waals surface area contributed by atoms with Gasteiger partial charge in [0.05, 0.1) is 11.1 Å². The number of rotatable bonds is 4. The molecule has 2 unspecified atom stereocenters. The Bertz CT molecular complexity index is 464. The van der Waals surface area contributed by atoms with Crippen LogP contribution in [0, 0.1) is 5.92 Å². The Morgan fingerprint density at radius 3 is 2.85 bits per heavy atom. The van der Waals surface area contributed by atoms with Gasteiger partial charge in [-0.25, -0.2) is 0 Å². The summed E-state index contributed by atoms with van der Waals surface area (Å²) in [5.74, 6) is 1.50. The third-order valence-electron chi connectivity index (χ3n) is 4.28. The summed E-state index contributed by atoms with van der Waals surface area (Å²) >= 11 is 3.41. The molecule has 1 heterocycles. The second-order valence-corrected chi connectivity index (χ2v) is 6.54. The first kappa shape index (κ1) is 15.6. The third-order valence-corrected chi connectivity index (χ3v) is 4.88. The van der Waals surface area contributed by atoms with Crippen molar-refractivity contribution in [2.45, 2.75) is 46.2 Å². The monoisotopic (exact) mass is 341 g/mol. The first-order valence-electron chi connectivity index (χ1n) is 7.41. The Kier molecular flexibility index (Phi) is 5.33. The van der Waals surface area contributed by atoms with Crippen molar-refractivity contribution in [2.75, 3.05) is 13.2 Å². The number of aromatic hydroxyl groups is 1. The lowest BCUT2D eigenvalue weighted by Crippen LogP contribution is -2.41. The van der Waals surface area contributed by atoms with Crippen molar-refractivity contribution in [3.05, 3.63) is 22.2 Å². The van der Waals surface area contributed by atoms with E-state index >= 15 is 0 Å². The van der Waals surface area contributed by atoms with Crippen LogP contribution in [-0.4, -0.2) is 29.2 Å². The second kappa shape index (κ2) is 6.81. The lowest BCUT2D eigenvalue weighted by molar-refractivity contribution is 0.106. The molecule has 0 radical (unpaired) electrons. The van der Waals surface area contributed by atoms with Crippen molar-refractivity contribution in [3.8, 4) is 11.5 Å². The summed E-state index contributed by atoms with van der Waals surface area (Å²) in [7, 11) is 0. The number of halogens is 1. The van der Waals surface area contributed by atoms with Gasteiger partial charge in [-0.2, -0.15) is 0 Å². The summed E-state index contributed by atoms with van der Waals surface area (Å²) in [4.78, 5) is 2.52. The SMILES string of the molecule is CCOc1cc(CN2CCCC(C)C2C)cc(Br)c1O. The zero-order chi connectivity index (χ0) is 14.7. The van der Waals surface area contributed by atoms with Gasteiger partial charge in [-0.3, -0.25) is 4.90 Å². The van der Waals surface area contributed by atoms with Gasteiger partial charge < -0.3 is 9.84 Å². The molecule has 0 aliphatic carbocycles. The highest BCUT2D eigenvalue weighted by molar-refractivity contribution is 9.10. The molecule has 1 N–H and O–H groups in total. The quantitative estimate of drug-likeness (QED) is 0.891. The van der Waals surface area contributed by atoms with Crippen molar-refractivity contribution in [2.24, 2.45) is 5.92 Å². The van der Waals surface area contributed by atoms with E-state index in [0.717, 1.165) is 19.0 Å². The predicted octanol–water partition coefficient (Wildman–Crippen LogP) is 4.17. The molecule has 1 aliphatic rings. The van der Waals surface area contributed by atoms with Crippen molar-refractivity contribution >= 4 is 15.9 Å². The van der Waals surface area contributed by atoms with E-state index in [-0.39, 0.29) is 5.75 Å². The van der Waals surface area contributed by atoms with Gasteiger partial charge >= 0.3 is 0 Å². The maximum Gasteiger partial charge on any atom is 0.172 e. The average Bonchev–Trinajstić information content (AvgIpc) is 2.41. The molecule has 2 rings (SSSR count). The van der Waals surface area contributed by atoms with Gasteiger partial charge in [0, 0.05) is 12.6 Å². The number of benzene rings is 1. The smallest absolute Gasteiger partial charge is 0.172 e. The molecule has 0 amide bonds. The Labute approximate surface area is 130 Å². The molecule has 0 spiro atoms. The first-order valence-corrected chi connectivity index (χ1v) is 8.20. The van der Waals surface area contributed by atoms with E-state index in [1.807, 2.05) is 19.1 Å². The highest BCUT2D eigenvalue weighted by Gasteiger charge is 2.25. The van der Waals surface area contributed by atoms with Gasteiger partial charge in [0.15, 0.2) is 11.5 Å². The summed E-state index contributed by atoms with van der Waals surface area (Å²) in [6.45, 7) is 9.17. The molecule has 1 aromatic rings. The van der Waals surface area contributed by atoms with Crippen LogP contribution in [0.1, 0.15) is 39.2 Å². The van der Waals surface area contributed by atoms with Crippen LogP contribution >= 0.6 is 15.9 Å². The number of hydrogen-bond acceptors (Lipinski definition) is 3. The Balaban J connectivity index is 2.16. The molecule has 0 bridgehead atoms. The topological polar surface area (TPSA) is 32.7 Å². The lowest BCUT2D eigenvalue weighted by atomic mass is 9.92. The van der Waals surface area contributed by atoms with E-state index < -0.39 is 0 Å². The largest absolute Gasteiger partial charge is 0.503 e. The number of ether oxygens (including phenoxy) is 1. The van der Waals surface area contributed by atoms with Crippen molar-refractivity contribution in [1.29, 1.82) is 0 Å².